The van der Waals surface area contributed by atoms with Crippen LogP contribution in [0.5, 0.6) is 0 Å². The van der Waals surface area contributed by atoms with Gasteiger partial charge in [0.25, 0.3) is 0 Å². The van der Waals surface area contributed by atoms with Crippen LogP contribution in [0.1, 0.15) is 0 Å². The molecule has 0 aromatic rings. The molecular formula is C3H5N3. The molecule has 0 radical (unpaired) electrons. The third-order valence-electron chi connectivity index (χ3n) is 0.129. The lowest BCUT2D eigenvalue weighted by molar-refractivity contribution is 1.27. The number of nitrogens with one attached hydrogen (secondary N) is 2. The molecule has 0 fully saturated rings. The first-order valence-electron chi connectivity index (χ1n) is 1.37. The number of hydrazone groups is 1. The Labute approximate surface area is 35.9 Å². The minimum atomic E-state index is 1.62. The van der Waals surface area contributed by atoms with Crippen molar-refractivity contribution >= 4 is 12.2 Å². The summed E-state index contributed by atoms with van der Waals surface area (Å²) < 4.78 is 0. The molecular weight excluding hydrogens is 78.1 g/mol. The summed E-state index contributed by atoms with van der Waals surface area (Å²) in [5.74, 6) is 1.75. The normalized spacial score (nSPS) is 9.33. The van der Waals surface area contributed by atoms with Crippen molar-refractivity contribution in [2.45, 2.75) is 0 Å². The van der Waals surface area contributed by atoms with Crippen molar-refractivity contribution in [3.8, 4) is 0 Å². The summed E-state index contributed by atoms with van der Waals surface area (Å²) in [6, 6.07) is 0. The van der Waals surface area contributed by atoms with Crippen LogP contribution in [0.15, 0.2) is 11.7 Å². The summed E-state index contributed by atoms with van der Waals surface area (Å²) in [5, 5.41) is 9.22. The predicted octanol–water partition coefficient (Wildman–Crippen LogP) is -0.0462. The van der Waals surface area contributed by atoms with Gasteiger partial charge in [-0.3, -0.25) is 10.8 Å². The molecule has 0 saturated heterocycles. The molecule has 0 aliphatic carbocycles. The third-order valence-corrected chi connectivity index (χ3v) is 0.129. The van der Waals surface area contributed by atoms with E-state index in [0.717, 1.165) is 0 Å². The maximum atomic E-state index is 5.85. The van der Waals surface area contributed by atoms with Crippen molar-refractivity contribution in [3.63, 3.8) is 0 Å². The molecule has 0 aromatic heterocycles. The number of hydrogen-bond donors (Lipinski definition) is 2. The standard InChI is InChI=1S/C2H3N.CH2N2/c1-2-3;1-2-3-1/h3H,1H2;1H,(H,2,3). The van der Waals surface area contributed by atoms with E-state index in [1.807, 2.05) is 0 Å². The van der Waals surface area contributed by atoms with Gasteiger partial charge >= 0.3 is 0 Å². The Hall–Kier alpha value is -1.08. The van der Waals surface area contributed by atoms with E-state index in [4.69, 9.17) is 5.41 Å². The summed E-state index contributed by atoms with van der Waals surface area (Å²) in [6.45, 7) is 2.90. The summed E-state index contributed by atoms with van der Waals surface area (Å²) in [6.07, 6.45) is 1.62. The largest absolute Gasteiger partial charge is 0.265 e. The highest BCUT2D eigenvalue weighted by atomic mass is 15.4. The molecule has 3 heteroatoms. The minimum Gasteiger partial charge on any atom is -0.265 e. The molecule has 1 rings (SSSR count). The minimum absolute atomic E-state index is 1.62. The monoisotopic (exact) mass is 83.0 g/mol. The Balaban J connectivity index is 0.0000000833. The molecule has 0 aromatic carbocycles. The van der Waals surface area contributed by atoms with Crippen LogP contribution >= 0.6 is 0 Å². The zero-order valence-electron chi connectivity index (χ0n) is 3.23. The van der Waals surface area contributed by atoms with Gasteiger partial charge in [-0.15, -0.1) is 0 Å². The van der Waals surface area contributed by atoms with Gasteiger partial charge in [-0.05, 0) is 12.4 Å². The van der Waals surface area contributed by atoms with Crippen molar-refractivity contribution in [3.05, 3.63) is 6.58 Å². The van der Waals surface area contributed by atoms with Gasteiger partial charge in [0.2, 0.25) is 0 Å². The van der Waals surface area contributed by atoms with E-state index in [2.05, 4.69) is 17.1 Å². The molecule has 2 N–H and O–H groups in total. The Kier molecular flexibility index (Phi) is 3.21. The second kappa shape index (κ2) is 3.92. The van der Waals surface area contributed by atoms with Crippen LogP contribution in [0, 0.1) is 5.41 Å². The van der Waals surface area contributed by atoms with Crippen LogP contribution in [0.3, 0.4) is 0 Å². The Morgan fingerprint density at radius 2 is 2.17 bits per heavy atom. The van der Waals surface area contributed by atoms with E-state index in [1.165, 1.54) is 0 Å². The van der Waals surface area contributed by atoms with E-state index in [1.54, 1.807) is 12.2 Å². The zero-order chi connectivity index (χ0) is 4.83. The Morgan fingerprint density at radius 3 is 2.17 bits per heavy atom. The lowest BCUT2D eigenvalue weighted by Gasteiger charge is -1.29. The predicted molar refractivity (Wildman–Crippen MR) is 25.0 cm³/mol. The fraction of sp³-hybridized carbons (Fsp3) is 0. The van der Waals surface area contributed by atoms with Gasteiger partial charge in [-0.1, -0.05) is 0 Å². The fourth-order valence-corrected chi connectivity index (χ4v) is 0. The van der Waals surface area contributed by atoms with E-state index in [0.29, 0.717) is 0 Å². The molecule has 0 unspecified atom stereocenters. The van der Waals surface area contributed by atoms with E-state index in [9.17, 15) is 0 Å². The first kappa shape index (κ1) is 4.92. The van der Waals surface area contributed by atoms with Crippen molar-refractivity contribution in [1.29, 1.82) is 5.41 Å². The molecule has 1 heterocycles. The smallest absolute Gasteiger partial charge is 0.129 e. The Bertz CT molecular complexity index is 74.0. The fourth-order valence-electron chi connectivity index (χ4n) is 0. The summed E-state index contributed by atoms with van der Waals surface area (Å²) >= 11 is 0. The van der Waals surface area contributed by atoms with Crippen molar-refractivity contribution < 1.29 is 0 Å². The second-order valence-corrected chi connectivity index (χ2v) is 0.564. The lowest BCUT2D eigenvalue weighted by Crippen LogP contribution is -1.61. The van der Waals surface area contributed by atoms with E-state index < -0.39 is 0 Å². The first-order valence-corrected chi connectivity index (χ1v) is 1.37. The number of hydrogen-bond acceptors (Lipinski definition) is 3. The molecule has 3 nitrogen and oxygen atoms in total. The molecule has 0 bridgehead atoms. The van der Waals surface area contributed by atoms with Gasteiger partial charge in [0, 0.05) is 0 Å². The average Bonchev–Trinajstić information content (AvgIpc) is 2.11. The summed E-state index contributed by atoms with van der Waals surface area (Å²) in [7, 11) is 0. The molecule has 6 heavy (non-hydrogen) atoms. The van der Waals surface area contributed by atoms with Gasteiger partial charge in [0.1, 0.15) is 6.34 Å². The highest BCUT2D eigenvalue weighted by molar-refractivity contribution is 5.64. The maximum Gasteiger partial charge on any atom is 0.129 e. The number of rotatable bonds is 0. The van der Waals surface area contributed by atoms with Crippen molar-refractivity contribution in [2.75, 3.05) is 0 Å². The van der Waals surface area contributed by atoms with Gasteiger partial charge in [0.15, 0.2) is 0 Å². The second-order valence-electron chi connectivity index (χ2n) is 0.564. The van der Waals surface area contributed by atoms with Crippen molar-refractivity contribution in [2.24, 2.45) is 5.10 Å². The maximum absolute atomic E-state index is 5.85. The van der Waals surface area contributed by atoms with Crippen molar-refractivity contribution in [1.82, 2.24) is 5.43 Å². The highest BCUT2D eigenvalue weighted by Crippen LogP contribution is 1.56. The lowest BCUT2D eigenvalue weighted by atomic mass is 11.2. The van der Waals surface area contributed by atoms with Gasteiger partial charge in [-0.25, -0.2) is 0 Å². The molecule has 0 amide bonds. The van der Waals surface area contributed by atoms with E-state index >= 15 is 0 Å². The molecule has 0 saturated carbocycles. The van der Waals surface area contributed by atoms with Gasteiger partial charge < -0.3 is 0 Å². The highest BCUT2D eigenvalue weighted by Gasteiger charge is 1.71. The molecule has 0 atom stereocenters. The van der Waals surface area contributed by atoms with Crippen LogP contribution in [0.25, 0.3) is 0 Å². The van der Waals surface area contributed by atoms with Crippen LogP contribution in [-0.4, -0.2) is 12.2 Å². The molecule has 1 aliphatic rings. The summed E-state index contributed by atoms with van der Waals surface area (Å²) in [4.78, 5) is 0. The number of nitrogens with zero attached hydrogens (tertiary/aromatic N) is 1. The average molecular weight is 83.1 g/mol. The summed E-state index contributed by atoms with van der Waals surface area (Å²) in [5.41, 5.74) is 2.50. The topological polar surface area (TPSA) is 58.1 Å². The third kappa shape index (κ3) is 1680. The first-order chi connectivity index (χ1) is 2.91. The molecule has 1 aliphatic heterocycles. The van der Waals surface area contributed by atoms with Gasteiger partial charge in [-0.2, -0.15) is 5.10 Å². The quantitative estimate of drug-likeness (QED) is 0.396. The SMILES string of the molecule is C1=NN1.C=C=N. The van der Waals surface area contributed by atoms with Gasteiger partial charge in [0.05, 0.1) is 0 Å². The zero-order valence-corrected chi connectivity index (χ0v) is 3.23. The van der Waals surface area contributed by atoms with Crippen LogP contribution in [0.4, 0.5) is 0 Å². The Morgan fingerprint density at radius 1 is 2.00 bits per heavy atom. The van der Waals surface area contributed by atoms with Crippen LogP contribution in [0.2, 0.25) is 0 Å². The van der Waals surface area contributed by atoms with E-state index in [-0.39, 0.29) is 0 Å². The van der Waals surface area contributed by atoms with Crippen LogP contribution < -0.4 is 5.43 Å². The van der Waals surface area contributed by atoms with Crippen LogP contribution in [-0.2, 0) is 0 Å². The molecule has 0 spiro atoms. The molecule has 32 valence electrons.